The molecule has 0 amide bonds. The summed E-state index contributed by atoms with van der Waals surface area (Å²) in [6.07, 6.45) is 1.67. The van der Waals surface area contributed by atoms with E-state index in [1.54, 1.807) is 0 Å². The molecule has 0 bridgehead atoms. The van der Waals surface area contributed by atoms with Crippen molar-refractivity contribution in [2.24, 2.45) is 0 Å². The number of aromatic nitrogens is 4. The maximum atomic E-state index is 5.57. The van der Waals surface area contributed by atoms with E-state index in [1.807, 2.05) is 6.92 Å². The monoisotopic (exact) mass is 191 g/mol. The molecule has 0 unspecified atom stereocenters. The number of fused-ring (bicyclic) bond motifs is 1. The van der Waals surface area contributed by atoms with E-state index in [0.29, 0.717) is 11.6 Å². The zero-order chi connectivity index (χ0) is 10.1. The molecule has 14 heavy (non-hydrogen) atoms. The summed E-state index contributed by atoms with van der Waals surface area (Å²) in [5.74, 6) is 1.22. The molecule has 0 aromatic carbocycles. The summed E-state index contributed by atoms with van der Waals surface area (Å²) in [6, 6.07) is 0. The van der Waals surface area contributed by atoms with E-state index in [0.717, 1.165) is 29.9 Å². The Kier molecular flexibility index (Phi) is 2.07. The van der Waals surface area contributed by atoms with E-state index >= 15 is 0 Å². The van der Waals surface area contributed by atoms with Crippen LogP contribution >= 0.6 is 0 Å². The number of imidazole rings is 1. The number of nitrogens with one attached hydrogen (secondary N) is 1. The highest BCUT2D eigenvalue weighted by molar-refractivity contribution is 5.75. The third kappa shape index (κ3) is 1.30. The van der Waals surface area contributed by atoms with Crippen molar-refractivity contribution < 1.29 is 0 Å². The van der Waals surface area contributed by atoms with Gasteiger partial charge >= 0.3 is 0 Å². The van der Waals surface area contributed by atoms with E-state index in [4.69, 9.17) is 5.73 Å². The highest BCUT2D eigenvalue weighted by Gasteiger charge is 2.08. The van der Waals surface area contributed by atoms with Crippen molar-refractivity contribution in [2.75, 3.05) is 5.73 Å². The molecule has 2 rings (SSSR count). The molecule has 2 heterocycles. The van der Waals surface area contributed by atoms with Gasteiger partial charge in [0.2, 0.25) is 0 Å². The largest absolute Gasteiger partial charge is 0.369 e. The van der Waals surface area contributed by atoms with Gasteiger partial charge in [-0.25, -0.2) is 9.97 Å². The smallest absolute Gasteiger partial charge is 0.200 e. The van der Waals surface area contributed by atoms with Crippen molar-refractivity contribution in [3.05, 3.63) is 11.5 Å². The molecule has 0 spiro atoms. The first-order valence-corrected chi connectivity index (χ1v) is 4.75. The van der Waals surface area contributed by atoms with Crippen LogP contribution in [-0.4, -0.2) is 19.9 Å². The van der Waals surface area contributed by atoms with Crippen LogP contribution in [0.3, 0.4) is 0 Å². The number of aromatic amines is 1. The highest BCUT2D eigenvalue weighted by Crippen LogP contribution is 2.14. The first-order valence-electron chi connectivity index (χ1n) is 4.75. The van der Waals surface area contributed by atoms with Gasteiger partial charge in [-0.1, -0.05) is 13.8 Å². The number of hydrogen-bond donors (Lipinski definition) is 2. The van der Waals surface area contributed by atoms with Crippen LogP contribution in [0.25, 0.3) is 11.2 Å². The molecular formula is C9H13N5. The van der Waals surface area contributed by atoms with Crippen LogP contribution in [-0.2, 0) is 12.8 Å². The minimum absolute atomic E-state index is 0.400. The molecule has 74 valence electrons. The first kappa shape index (κ1) is 8.93. The van der Waals surface area contributed by atoms with Crippen molar-refractivity contribution >= 4 is 17.1 Å². The summed E-state index contributed by atoms with van der Waals surface area (Å²) in [5.41, 5.74) is 8.09. The Morgan fingerprint density at radius 2 is 1.93 bits per heavy atom. The van der Waals surface area contributed by atoms with Crippen LogP contribution in [0.2, 0.25) is 0 Å². The van der Waals surface area contributed by atoms with Gasteiger partial charge in [-0.2, -0.15) is 4.98 Å². The van der Waals surface area contributed by atoms with Crippen LogP contribution < -0.4 is 5.73 Å². The SMILES string of the molecule is CCc1nc(CC)c2[nH]c(N)nc2n1. The predicted octanol–water partition coefficient (Wildman–Crippen LogP) is 1.06. The van der Waals surface area contributed by atoms with E-state index in [1.165, 1.54) is 0 Å². The first-order chi connectivity index (χ1) is 6.74. The van der Waals surface area contributed by atoms with Crippen LogP contribution in [0.1, 0.15) is 25.4 Å². The third-order valence-electron chi connectivity index (χ3n) is 2.14. The Morgan fingerprint density at radius 3 is 2.57 bits per heavy atom. The van der Waals surface area contributed by atoms with Gasteiger partial charge in [-0.3, -0.25) is 0 Å². The van der Waals surface area contributed by atoms with Crippen molar-refractivity contribution in [3.63, 3.8) is 0 Å². The van der Waals surface area contributed by atoms with Crippen LogP contribution in [0.15, 0.2) is 0 Å². The normalized spacial score (nSPS) is 11.0. The van der Waals surface area contributed by atoms with Crippen molar-refractivity contribution in [2.45, 2.75) is 26.7 Å². The number of aryl methyl sites for hydroxylation is 2. The molecule has 5 nitrogen and oxygen atoms in total. The summed E-state index contributed by atoms with van der Waals surface area (Å²) in [4.78, 5) is 15.8. The summed E-state index contributed by atoms with van der Waals surface area (Å²) in [6.45, 7) is 4.08. The van der Waals surface area contributed by atoms with E-state index in [9.17, 15) is 0 Å². The van der Waals surface area contributed by atoms with E-state index in [2.05, 4.69) is 26.9 Å². The number of anilines is 1. The summed E-state index contributed by atoms with van der Waals surface area (Å²) < 4.78 is 0. The third-order valence-corrected chi connectivity index (χ3v) is 2.14. The number of hydrogen-bond acceptors (Lipinski definition) is 4. The second-order valence-corrected chi connectivity index (χ2v) is 3.11. The predicted molar refractivity (Wildman–Crippen MR) is 54.9 cm³/mol. The van der Waals surface area contributed by atoms with Crippen LogP contribution in [0, 0.1) is 0 Å². The Balaban J connectivity index is 2.72. The molecule has 0 aliphatic carbocycles. The lowest BCUT2D eigenvalue weighted by Gasteiger charge is -2.00. The molecule has 0 aliphatic heterocycles. The van der Waals surface area contributed by atoms with Gasteiger partial charge in [0.1, 0.15) is 11.3 Å². The molecule has 5 heteroatoms. The minimum Gasteiger partial charge on any atom is -0.369 e. The Hall–Kier alpha value is -1.65. The van der Waals surface area contributed by atoms with Crippen LogP contribution in [0.4, 0.5) is 5.95 Å². The lowest BCUT2D eigenvalue weighted by molar-refractivity contribution is 0.907. The topological polar surface area (TPSA) is 80.5 Å². The number of H-pyrrole nitrogens is 1. The van der Waals surface area contributed by atoms with Crippen LogP contribution in [0.5, 0.6) is 0 Å². The zero-order valence-electron chi connectivity index (χ0n) is 8.33. The molecule has 0 saturated carbocycles. The summed E-state index contributed by atoms with van der Waals surface area (Å²) >= 11 is 0. The molecule has 3 N–H and O–H groups in total. The molecule has 2 aromatic heterocycles. The Morgan fingerprint density at radius 1 is 1.14 bits per heavy atom. The van der Waals surface area contributed by atoms with Crippen molar-refractivity contribution in [1.29, 1.82) is 0 Å². The lowest BCUT2D eigenvalue weighted by atomic mass is 10.3. The average Bonchev–Trinajstić information content (AvgIpc) is 2.56. The van der Waals surface area contributed by atoms with E-state index in [-0.39, 0.29) is 0 Å². The second-order valence-electron chi connectivity index (χ2n) is 3.11. The fraction of sp³-hybridized carbons (Fsp3) is 0.444. The standard InChI is InChI=1S/C9H13N5/c1-3-5-7-8(14-9(10)13-7)12-6(4-2)11-5/h3-4H2,1-2H3,(H3,10,11,12,13,14). The van der Waals surface area contributed by atoms with Crippen molar-refractivity contribution in [1.82, 2.24) is 19.9 Å². The molecular weight excluding hydrogens is 178 g/mol. The molecule has 0 radical (unpaired) electrons. The van der Waals surface area contributed by atoms with Gasteiger partial charge in [0.15, 0.2) is 11.6 Å². The van der Waals surface area contributed by atoms with Gasteiger partial charge in [-0.15, -0.1) is 0 Å². The Labute approximate surface area is 81.8 Å². The summed E-state index contributed by atoms with van der Waals surface area (Å²) in [7, 11) is 0. The molecule has 0 aliphatic rings. The van der Waals surface area contributed by atoms with Gasteiger partial charge in [-0.05, 0) is 6.42 Å². The lowest BCUT2D eigenvalue weighted by Crippen LogP contribution is -1.98. The van der Waals surface area contributed by atoms with Gasteiger partial charge in [0, 0.05) is 6.42 Å². The molecule has 0 fully saturated rings. The van der Waals surface area contributed by atoms with Gasteiger partial charge < -0.3 is 10.7 Å². The minimum atomic E-state index is 0.400. The molecule has 0 atom stereocenters. The Bertz CT molecular complexity index is 459. The fourth-order valence-corrected chi connectivity index (χ4v) is 1.44. The van der Waals surface area contributed by atoms with Gasteiger partial charge in [0.05, 0.1) is 5.69 Å². The maximum absolute atomic E-state index is 5.57. The fourth-order valence-electron chi connectivity index (χ4n) is 1.44. The van der Waals surface area contributed by atoms with Gasteiger partial charge in [0.25, 0.3) is 0 Å². The second kappa shape index (κ2) is 3.25. The number of rotatable bonds is 2. The van der Waals surface area contributed by atoms with E-state index < -0.39 is 0 Å². The van der Waals surface area contributed by atoms with Crippen molar-refractivity contribution in [3.8, 4) is 0 Å². The molecule has 2 aromatic rings. The maximum Gasteiger partial charge on any atom is 0.200 e. The summed E-state index contributed by atoms with van der Waals surface area (Å²) in [5, 5.41) is 0. The quantitative estimate of drug-likeness (QED) is 0.743. The number of nitrogens with two attached hydrogens (primary N) is 1. The average molecular weight is 191 g/mol. The highest BCUT2D eigenvalue weighted by atomic mass is 15.1. The zero-order valence-corrected chi connectivity index (χ0v) is 8.33. The number of nitrogen functional groups attached to an aromatic ring is 1. The molecule has 0 saturated heterocycles. The number of nitrogens with zero attached hydrogens (tertiary/aromatic N) is 3.